The number of nitrogens with one attached hydrogen (secondary N) is 2. The fourth-order valence-corrected chi connectivity index (χ4v) is 2.83. The van der Waals surface area contributed by atoms with Crippen molar-refractivity contribution >= 4 is 33.2 Å². The molecule has 1 heterocycles. The number of amides is 1. The lowest BCUT2D eigenvalue weighted by Crippen LogP contribution is -2.22. The second-order valence-electron chi connectivity index (χ2n) is 4.97. The molecule has 0 saturated heterocycles. The van der Waals surface area contributed by atoms with Gasteiger partial charge >= 0.3 is 0 Å². The molecular formula is C16H15BrN2O. The number of benzene rings is 2. The van der Waals surface area contributed by atoms with Crippen molar-refractivity contribution < 1.29 is 4.79 Å². The number of anilines is 2. The average molecular weight is 331 g/mol. The molecule has 0 bridgehead atoms. The molecule has 0 saturated carbocycles. The molecule has 0 radical (unpaired) electrons. The van der Waals surface area contributed by atoms with Crippen LogP contribution in [0.4, 0.5) is 11.4 Å². The van der Waals surface area contributed by atoms with Crippen molar-refractivity contribution in [2.75, 3.05) is 17.2 Å². The topological polar surface area (TPSA) is 41.1 Å². The molecule has 102 valence electrons. The molecule has 3 rings (SSSR count). The van der Waals surface area contributed by atoms with Crippen LogP contribution in [-0.4, -0.2) is 12.5 Å². The molecule has 20 heavy (non-hydrogen) atoms. The Morgan fingerprint density at radius 3 is 2.95 bits per heavy atom. The van der Waals surface area contributed by atoms with Crippen molar-refractivity contribution in [3.05, 3.63) is 58.1 Å². The van der Waals surface area contributed by atoms with E-state index in [0.717, 1.165) is 27.0 Å². The molecule has 0 fully saturated rings. The Morgan fingerprint density at radius 1 is 1.30 bits per heavy atom. The van der Waals surface area contributed by atoms with Gasteiger partial charge in [-0.05, 0) is 36.2 Å². The maximum atomic E-state index is 12.5. The third-order valence-corrected chi connectivity index (χ3v) is 4.10. The van der Waals surface area contributed by atoms with E-state index < -0.39 is 0 Å². The van der Waals surface area contributed by atoms with Gasteiger partial charge < -0.3 is 10.6 Å². The number of rotatable bonds is 2. The van der Waals surface area contributed by atoms with Crippen LogP contribution < -0.4 is 10.6 Å². The van der Waals surface area contributed by atoms with Gasteiger partial charge in [0, 0.05) is 22.4 Å². The first-order valence-electron chi connectivity index (χ1n) is 6.55. The standard InChI is InChI=1S/C16H15BrN2O/c1-10-6-7-11(17)8-15(10)19-16(20)13-9-18-14-5-3-2-4-12(13)14/h2-8,13,18H,9H2,1H3,(H,19,20). The molecule has 1 aliphatic rings. The molecule has 4 heteroatoms. The molecule has 3 nitrogen and oxygen atoms in total. The van der Waals surface area contributed by atoms with Crippen LogP contribution in [0.2, 0.25) is 0 Å². The Kier molecular flexibility index (Phi) is 3.49. The van der Waals surface area contributed by atoms with Crippen molar-refractivity contribution in [3.8, 4) is 0 Å². The smallest absolute Gasteiger partial charge is 0.233 e. The van der Waals surface area contributed by atoms with E-state index in [4.69, 9.17) is 0 Å². The van der Waals surface area contributed by atoms with Gasteiger partial charge in [-0.25, -0.2) is 0 Å². The summed E-state index contributed by atoms with van der Waals surface area (Å²) in [7, 11) is 0. The summed E-state index contributed by atoms with van der Waals surface area (Å²) in [6, 6.07) is 13.8. The summed E-state index contributed by atoms with van der Waals surface area (Å²) >= 11 is 3.43. The Bertz CT molecular complexity index is 669. The van der Waals surface area contributed by atoms with E-state index in [0.29, 0.717) is 6.54 Å². The number of hydrogen-bond donors (Lipinski definition) is 2. The molecule has 2 aromatic rings. The van der Waals surface area contributed by atoms with Gasteiger partial charge in [-0.3, -0.25) is 4.79 Å². The van der Waals surface area contributed by atoms with Gasteiger partial charge in [0.1, 0.15) is 0 Å². The van der Waals surface area contributed by atoms with E-state index in [1.807, 2.05) is 49.4 Å². The zero-order valence-electron chi connectivity index (χ0n) is 11.1. The van der Waals surface area contributed by atoms with Crippen LogP contribution in [0, 0.1) is 6.92 Å². The molecule has 1 atom stereocenters. The van der Waals surface area contributed by atoms with Crippen LogP contribution in [0.3, 0.4) is 0 Å². The summed E-state index contributed by atoms with van der Waals surface area (Å²) in [4.78, 5) is 12.5. The van der Waals surface area contributed by atoms with E-state index in [1.165, 1.54) is 0 Å². The maximum Gasteiger partial charge on any atom is 0.233 e. The molecule has 1 aliphatic heterocycles. The lowest BCUT2D eigenvalue weighted by atomic mass is 10.0. The fourth-order valence-electron chi connectivity index (χ4n) is 2.47. The number of para-hydroxylation sites is 1. The van der Waals surface area contributed by atoms with Gasteiger partial charge in [-0.1, -0.05) is 40.2 Å². The lowest BCUT2D eigenvalue weighted by Gasteiger charge is -2.13. The highest BCUT2D eigenvalue weighted by atomic mass is 79.9. The second-order valence-corrected chi connectivity index (χ2v) is 5.88. The summed E-state index contributed by atoms with van der Waals surface area (Å²) in [6.07, 6.45) is 0. The summed E-state index contributed by atoms with van der Waals surface area (Å²) in [5.41, 5.74) is 4.03. The fraction of sp³-hybridized carbons (Fsp3) is 0.188. The molecular weight excluding hydrogens is 316 g/mol. The minimum Gasteiger partial charge on any atom is -0.384 e. The van der Waals surface area contributed by atoms with Crippen LogP contribution in [0.25, 0.3) is 0 Å². The van der Waals surface area contributed by atoms with E-state index in [9.17, 15) is 4.79 Å². The molecule has 1 unspecified atom stereocenters. The Morgan fingerprint density at radius 2 is 2.10 bits per heavy atom. The van der Waals surface area contributed by atoms with Crippen molar-refractivity contribution in [3.63, 3.8) is 0 Å². The summed E-state index contributed by atoms with van der Waals surface area (Å²) in [5.74, 6) is -0.103. The largest absolute Gasteiger partial charge is 0.384 e. The molecule has 0 aromatic heterocycles. The van der Waals surface area contributed by atoms with Crippen LogP contribution >= 0.6 is 15.9 Å². The SMILES string of the molecule is Cc1ccc(Br)cc1NC(=O)C1CNc2ccccc21. The monoisotopic (exact) mass is 330 g/mol. The van der Waals surface area contributed by atoms with Crippen LogP contribution in [0.15, 0.2) is 46.9 Å². The van der Waals surface area contributed by atoms with Crippen LogP contribution in [-0.2, 0) is 4.79 Å². The van der Waals surface area contributed by atoms with Crippen molar-refractivity contribution in [1.29, 1.82) is 0 Å². The molecule has 1 amide bonds. The Hall–Kier alpha value is -1.81. The molecule has 2 aromatic carbocycles. The van der Waals surface area contributed by atoms with Crippen molar-refractivity contribution in [1.82, 2.24) is 0 Å². The quantitative estimate of drug-likeness (QED) is 0.876. The van der Waals surface area contributed by atoms with E-state index in [1.54, 1.807) is 0 Å². The number of carbonyl (C=O) groups excluding carboxylic acids is 1. The van der Waals surface area contributed by atoms with Gasteiger partial charge in [-0.2, -0.15) is 0 Å². The predicted octanol–water partition coefficient (Wildman–Crippen LogP) is 3.91. The highest BCUT2D eigenvalue weighted by Crippen LogP contribution is 2.32. The zero-order valence-corrected chi connectivity index (χ0v) is 12.7. The summed E-state index contributed by atoms with van der Waals surface area (Å²) in [5, 5.41) is 6.30. The van der Waals surface area contributed by atoms with E-state index >= 15 is 0 Å². The maximum absolute atomic E-state index is 12.5. The highest BCUT2D eigenvalue weighted by Gasteiger charge is 2.28. The summed E-state index contributed by atoms with van der Waals surface area (Å²) in [6.45, 7) is 2.64. The molecule has 2 N–H and O–H groups in total. The number of fused-ring (bicyclic) bond motifs is 1. The second kappa shape index (κ2) is 5.29. The third-order valence-electron chi connectivity index (χ3n) is 3.61. The minimum absolute atomic E-state index is 0.0312. The first-order chi connectivity index (χ1) is 9.65. The highest BCUT2D eigenvalue weighted by molar-refractivity contribution is 9.10. The molecule has 0 spiro atoms. The third kappa shape index (κ3) is 2.43. The summed E-state index contributed by atoms with van der Waals surface area (Å²) < 4.78 is 0.961. The van der Waals surface area contributed by atoms with E-state index in [-0.39, 0.29) is 11.8 Å². The normalized spacial score (nSPS) is 16.4. The number of hydrogen-bond acceptors (Lipinski definition) is 2. The lowest BCUT2D eigenvalue weighted by molar-refractivity contribution is -0.117. The van der Waals surface area contributed by atoms with Gasteiger partial charge in [0.05, 0.1) is 5.92 Å². The van der Waals surface area contributed by atoms with Gasteiger partial charge in [0.25, 0.3) is 0 Å². The predicted molar refractivity (Wildman–Crippen MR) is 85.2 cm³/mol. The first kappa shape index (κ1) is 13.2. The Balaban J connectivity index is 1.83. The van der Waals surface area contributed by atoms with Gasteiger partial charge in [0.15, 0.2) is 0 Å². The Labute approximate surface area is 126 Å². The van der Waals surface area contributed by atoms with E-state index in [2.05, 4.69) is 26.6 Å². The van der Waals surface area contributed by atoms with Crippen molar-refractivity contribution in [2.24, 2.45) is 0 Å². The number of halogens is 1. The van der Waals surface area contributed by atoms with Crippen LogP contribution in [0.5, 0.6) is 0 Å². The number of carbonyl (C=O) groups is 1. The van der Waals surface area contributed by atoms with Gasteiger partial charge in [0.2, 0.25) is 5.91 Å². The van der Waals surface area contributed by atoms with Crippen molar-refractivity contribution in [2.45, 2.75) is 12.8 Å². The van der Waals surface area contributed by atoms with Crippen LogP contribution in [0.1, 0.15) is 17.0 Å². The average Bonchev–Trinajstić information content (AvgIpc) is 2.87. The minimum atomic E-state index is -0.135. The number of aryl methyl sites for hydroxylation is 1. The molecule has 0 aliphatic carbocycles. The zero-order chi connectivity index (χ0) is 14.1. The van der Waals surface area contributed by atoms with Gasteiger partial charge in [-0.15, -0.1) is 0 Å². The first-order valence-corrected chi connectivity index (χ1v) is 7.34.